The van der Waals surface area contributed by atoms with Crippen LogP contribution in [0.1, 0.15) is 11.1 Å². The van der Waals surface area contributed by atoms with Crippen molar-refractivity contribution in [3.05, 3.63) is 73.3 Å². The van der Waals surface area contributed by atoms with Gasteiger partial charge in [-0.15, -0.1) is 0 Å². The number of benzene rings is 2. The molecule has 1 heterocycles. The molecule has 3 rings (SSSR count). The molecular formula is C17H10Br2FNO2S. The molecule has 2 aromatic rings. The normalized spacial score (nSPS) is 16.3. The quantitative estimate of drug-likeness (QED) is 0.549. The van der Waals surface area contributed by atoms with Crippen LogP contribution in [0.15, 0.2) is 56.3 Å². The Morgan fingerprint density at radius 1 is 1.12 bits per heavy atom. The van der Waals surface area contributed by atoms with Crippen LogP contribution in [0.25, 0.3) is 6.08 Å². The molecular weight excluding hydrogens is 461 g/mol. The highest BCUT2D eigenvalue weighted by Gasteiger charge is 2.34. The van der Waals surface area contributed by atoms with Crippen molar-refractivity contribution in [2.45, 2.75) is 6.54 Å². The van der Waals surface area contributed by atoms with Crippen molar-refractivity contribution >= 4 is 60.8 Å². The molecule has 1 saturated heterocycles. The summed E-state index contributed by atoms with van der Waals surface area (Å²) in [5.41, 5.74) is 1.51. The van der Waals surface area contributed by atoms with Gasteiger partial charge in [-0.05, 0) is 69.2 Å². The molecule has 1 fully saturated rings. The van der Waals surface area contributed by atoms with Gasteiger partial charge in [0.2, 0.25) is 0 Å². The molecule has 7 heteroatoms. The predicted molar refractivity (Wildman–Crippen MR) is 99.8 cm³/mol. The molecule has 0 aromatic heterocycles. The van der Waals surface area contributed by atoms with Gasteiger partial charge in [0.15, 0.2) is 0 Å². The van der Waals surface area contributed by atoms with E-state index < -0.39 is 0 Å². The van der Waals surface area contributed by atoms with E-state index in [1.54, 1.807) is 18.2 Å². The van der Waals surface area contributed by atoms with Crippen LogP contribution in [0, 0.1) is 5.82 Å². The Morgan fingerprint density at radius 2 is 1.92 bits per heavy atom. The van der Waals surface area contributed by atoms with E-state index in [0.717, 1.165) is 21.8 Å². The fourth-order valence-corrected chi connectivity index (χ4v) is 3.89. The van der Waals surface area contributed by atoms with E-state index in [1.165, 1.54) is 11.0 Å². The van der Waals surface area contributed by atoms with Crippen LogP contribution in [0.5, 0.6) is 0 Å². The number of hydrogen-bond acceptors (Lipinski definition) is 3. The minimum absolute atomic E-state index is 0.217. The third kappa shape index (κ3) is 3.79. The average Bonchev–Trinajstić information content (AvgIpc) is 2.79. The summed E-state index contributed by atoms with van der Waals surface area (Å²) in [4.78, 5) is 26.2. The predicted octanol–water partition coefficient (Wildman–Crippen LogP) is 5.59. The van der Waals surface area contributed by atoms with Crippen LogP contribution in [0.4, 0.5) is 9.18 Å². The smallest absolute Gasteiger partial charge is 0.268 e. The third-order valence-corrected chi connectivity index (χ3v) is 5.35. The van der Waals surface area contributed by atoms with Gasteiger partial charge < -0.3 is 0 Å². The molecule has 2 aromatic carbocycles. The molecule has 0 unspecified atom stereocenters. The number of halogens is 3. The molecule has 0 aliphatic carbocycles. The van der Waals surface area contributed by atoms with Crippen molar-refractivity contribution in [3.8, 4) is 0 Å². The van der Waals surface area contributed by atoms with Gasteiger partial charge in [0.05, 0.1) is 15.9 Å². The topological polar surface area (TPSA) is 37.4 Å². The van der Waals surface area contributed by atoms with Crippen LogP contribution in [0.3, 0.4) is 0 Å². The molecule has 0 atom stereocenters. The molecule has 0 radical (unpaired) electrons. The first-order valence-electron chi connectivity index (χ1n) is 6.89. The van der Waals surface area contributed by atoms with Gasteiger partial charge in [0, 0.05) is 4.47 Å². The Morgan fingerprint density at radius 3 is 2.62 bits per heavy atom. The van der Waals surface area contributed by atoms with E-state index in [4.69, 9.17) is 0 Å². The Bertz CT molecular complexity index is 869. The lowest BCUT2D eigenvalue weighted by molar-refractivity contribution is -0.123. The van der Waals surface area contributed by atoms with Gasteiger partial charge >= 0.3 is 0 Å². The van der Waals surface area contributed by atoms with Crippen LogP contribution in [-0.4, -0.2) is 16.0 Å². The number of rotatable bonds is 3. The molecule has 24 heavy (non-hydrogen) atoms. The summed E-state index contributed by atoms with van der Waals surface area (Å²) in [6, 6.07) is 11.9. The highest BCUT2D eigenvalue weighted by molar-refractivity contribution is 9.10. The lowest BCUT2D eigenvalue weighted by Gasteiger charge is -2.12. The maximum absolute atomic E-state index is 13.3. The zero-order valence-corrected chi connectivity index (χ0v) is 16.1. The van der Waals surface area contributed by atoms with E-state index in [1.807, 2.05) is 24.3 Å². The average molecular weight is 471 g/mol. The zero-order chi connectivity index (χ0) is 17.3. The Balaban J connectivity index is 1.83. The largest absolute Gasteiger partial charge is 0.293 e. The molecule has 3 nitrogen and oxygen atoms in total. The maximum atomic E-state index is 13.3. The summed E-state index contributed by atoms with van der Waals surface area (Å²) >= 11 is 7.37. The van der Waals surface area contributed by atoms with Gasteiger partial charge in [-0.3, -0.25) is 14.5 Å². The second kappa shape index (κ2) is 7.21. The van der Waals surface area contributed by atoms with Gasteiger partial charge in [-0.1, -0.05) is 34.1 Å². The summed E-state index contributed by atoms with van der Waals surface area (Å²) in [5.74, 6) is -0.722. The summed E-state index contributed by atoms with van der Waals surface area (Å²) in [6.45, 7) is 0.217. The first-order valence-corrected chi connectivity index (χ1v) is 9.29. The molecule has 1 aliphatic heterocycles. The van der Waals surface area contributed by atoms with E-state index in [2.05, 4.69) is 31.9 Å². The van der Waals surface area contributed by atoms with Crippen LogP contribution in [0.2, 0.25) is 0 Å². The number of amides is 2. The fraction of sp³-hybridized carbons (Fsp3) is 0.0588. The molecule has 0 saturated carbocycles. The monoisotopic (exact) mass is 469 g/mol. The minimum Gasteiger partial charge on any atom is -0.268 e. The SMILES string of the molecule is O=C1S/C(=C/c2ccc(F)c(Br)c2)C(=O)N1Cc1cccc(Br)c1. The molecule has 2 amide bonds. The summed E-state index contributed by atoms with van der Waals surface area (Å²) in [5, 5.41) is -0.313. The molecule has 0 bridgehead atoms. The van der Waals surface area contributed by atoms with Gasteiger partial charge in [0.1, 0.15) is 5.82 Å². The Labute approximate surface area is 159 Å². The van der Waals surface area contributed by atoms with Crippen LogP contribution < -0.4 is 0 Å². The summed E-state index contributed by atoms with van der Waals surface area (Å²) in [6.07, 6.45) is 1.59. The van der Waals surface area contributed by atoms with Crippen molar-refractivity contribution in [2.75, 3.05) is 0 Å². The first kappa shape index (κ1) is 17.4. The van der Waals surface area contributed by atoms with Crippen LogP contribution >= 0.6 is 43.6 Å². The second-order valence-electron chi connectivity index (χ2n) is 5.07. The Kier molecular flexibility index (Phi) is 5.22. The number of hydrogen-bond donors (Lipinski definition) is 0. The molecule has 122 valence electrons. The van der Waals surface area contributed by atoms with E-state index >= 15 is 0 Å². The summed E-state index contributed by atoms with van der Waals surface area (Å²) < 4.78 is 14.5. The maximum Gasteiger partial charge on any atom is 0.293 e. The fourth-order valence-electron chi connectivity index (χ4n) is 2.21. The highest BCUT2D eigenvalue weighted by Crippen LogP contribution is 2.34. The third-order valence-electron chi connectivity index (χ3n) is 3.34. The van der Waals surface area contributed by atoms with Crippen molar-refractivity contribution in [1.82, 2.24) is 4.90 Å². The van der Waals surface area contributed by atoms with Crippen molar-refractivity contribution < 1.29 is 14.0 Å². The van der Waals surface area contributed by atoms with E-state index in [9.17, 15) is 14.0 Å². The molecule has 1 aliphatic rings. The number of thioether (sulfide) groups is 1. The van der Waals surface area contributed by atoms with Gasteiger partial charge in [0.25, 0.3) is 11.1 Å². The molecule has 0 spiro atoms. The first-order chi connectivity index (χ1) is 11.4. The zero-order valence-electron chi connectivity index (χ0n) is 12.1. The Hall–Kier alpha value is -1.44. The van der Waals surface area contributed by atoms with Crippen molar-refractivity contribution in [1.29, 1.82) is 0 Å². The lowest BCUT2D eigenvalue weighted by atomic mass is 10.2. The van der Waals surface area contributed by atoms with Gasteiger partial charge in [-0.2, -0.15) is 0 Å². The summed E-state index contributed by atoms with van der Waals surface area (Å²) in [7, 11) is 0. The highest BCUT2D eigenvalue weighted by atomic mass is 79.9. The number of nitrogens with zero attached hydrogens (tertiary/aromatic N) is 1. The van der Waals surface area contributed by atoms with Gasteiger partial charge in [-0.25, -0.2) is 4.39 Å². The standard InChI is InChI=1S/C17H10Br2FNO2S/c18-12-3-1-2-11(6-12)9-21-16(22)15(24-17(21)23)8-10-4-5-14(20)13(19)7-10/h1-8H,9H2/b15-8+. The van der Waals surface area contributed by atoms with E-state index in [-0.39, 0.29) is 23.5 Å². The lowest BCUT2D eigenvalue weighted by Crippen LogP contribution is -2.27. The van der Waals surface area contributed by atoms with Crippen LogP contribution in [-0.2, 0) is 11.3 Å². The van der Waals surface area contributed by atoms with Crippen molar-refractivity contribution in [3.63, 3.8) is 0 Å². The second-order valence-corrected chi connectivity index (χ2v) is 7.83. The number of imide groups is 1. The van der Waals surface area contributed by atoms with E-state index in [0.29, 0.717) is 14.9 Å². The molecule has 0 N–H and O–H groups in total. The van der Waals surface area contributed by atoms with Crippen molar-refractivity contribution in [2.24, 2.45) is 0 Å². The number of carbonyl (C=O) groups excluding carboxylic acids is 2. The minimum atomic E-state index is -0.380. The number of carbonyl (C=O) groups is 2.